The average molecular weight is 381 g/mol. The van der Waals surface area contributed by atoms with E-state index in [0.29, 0.717) is 13.1 Å². The molecule has 1 saturated heterocycles. The molecule has 124 valence electrons. The third kappa shape index (κ3) is 3.37. The maximum Gasteiger partial charge on any atom is 0.409 e. The molecule has 23 heavy (non-hydrogen) atoms. The fourth-order valence-electron chi connectivity index (χ4n) is 3.20. The molecule has 5 nitrogen and oxygen atoms in total. The quantitative estimate of drug-likeness (QED) is 0.876. The molecule has 2 aliphatic rings. The van der Waals surface area contributed by atoms with Crippen molar-refractivity contribution in [2.24, 2.45) is 0 Å². The van der Waals surface area contributed by atoms with Crippen LogP contribution >= 0.6 is 15.9 Å². The van der Waals surface area contributed by atoms with Crippen LogP contribution in [0.2, 0.25) is 0 Å². The van der Waals surface area contributed by atoms with Gasteiger partial charge in [-0.2, -0.15) is 0 Å². The van der Waals surface area contributed by atoms with Crippen LogP contribution in [0.3, 0.4) is 0 Å². The van der Waals surface area contributed by atoms with E-state index in [4.69, 9.17) is 4.74 Å². The van der Waals surface area contributed by atoms with Gasteiger partial charge in [-0.3, -0.25) is 4.79 Å². The molecular formula is C17H21BrN2O3. The van der Waals surface area contributed by atoms with Gasteiger partial charge < -0.3 is 15.0 Å². The molecule has 0 bridgehead atoms. The van der Waals surface area contributed by atoms with Gasteiger partial charge in [0.1, 0.15) is 0 Å². The largest absolute Gasteiger partial charge is 0.453 e. The van der Waals surface area contributed by atoms with Crippen LogP contribution in [0.1, 0.15) is 31.2 Å². The molecule has 3 rings (SSSR count). The number of nitrogens with zero attached hydrogens (tertiary/aromatic N) is 1. The van der Waals surface area contributed by atoms with E-state index >= 15 is 0 Å². The van der Waals surface area contributed by atoms with E-state index < -0.39 is 0 Å². The van der Waals surface area contributed by atoms with Crippen molar-refractivity contribution in [3.8, 4) is 0 Å². The maximum absolute atomic E-state index is 12.7. The third-order valence-corrected chi connectivity index (χ3v) is 5.37. The van der Waals surface area contributed by atoms with E-state index in [1.165, 1.54) is 7.11 Å². The van der Waals surface area contributed by atoms with Crippen molar-refractivity contribution in [2.75, 3.05) is 20.2 Å². The van der Waals surface area contributed by atoms with Gasteiger partial charge in [0.25, 0.3) is 0 Å². The van der Waals surface area contributed by atoms with Gasteiger partial charge in [-0.1, -0.05) is 28.1 Å². The fourth-order valence-corrected chi connectivity index (χ4v) is 3.46. The number of hydrogen-bond acceptors (Lipinski definition) is 3. The standard InChI is InChI=1S/C17H21BrN2O3/c1-23-16(22)20-10-6-14(7-11-20)19-15(21)17(8-9-17)12-2-4-13(18)5-3-12/h2-5,14H,6-11H2,1H3,(H,19,21). The minimum Gasteiger partial charge on any atom is -0.453 e. The molecule has 1 saturated carbocycles. The zero-order valence-electron chi connectivity index (χ0n) is 13.2. The van der Waals surface area contributed by atoms with Crippen LogP contribution in [0.15, 0.2) is 28.7 Å². The summed E-state index contributed by atoms with van der Waals surface area (Å²) in [6.07, 6.45) is 3.07. The first-order chi connectivity index (χ1) is 11.0. The van der Waals surface area contributed by atoms with E-state index in [0.717, 1.165) is 35.7 Å². The monoisotopic (exact) mass is 380 g/mol. The fraction of sp³-hybridized carbons (Fsp3) is 0.529. The Morgan fingerprint density at radius 2 is 1.83 bits per heavy atom. The Kier molecular flexibility index (Phi) is 4.62. The highest BCUT2D eigenvalue weighted by Gasteiger charge is 2.51. The summed E-state index contributed by atoms with van der Waals surface area (Å²) in [5.74, 6) is 0.122. The SMILES string of the molecule is COC(=O)N1CCC(NC(=O)C2(c3ccc(Br)cc3)CC2)CC1. The van der Waals surface area contributed by atoms with Gasteiger partial charge in [0.2, 0.25) is 5.91 Å². The first kappa shape index (κ1) is 16.3. The van der Waals surface area contributed by atoms with Crippen LogP contribution in [0.25, 0.3) is 0 Å². The molecule has 0 spiro atoms. The van der Waals surface area contributed by atoms with Gasteiger partial charge in [0.05, 0.1) is 12.5 Å². The molecule has 1 heterocycles. The number of amides is 2. The van der Waals surface area contributed by atoms with Crippen molar-refractivity contribution >= 4 is 27.9 Å². The summed E-state index contributed by atoms with van der Waals surface area (Å²) in [5.41, 5.74) is 0.741. The predicted octanol–water partition coefficient (Wildman–Crippen LogP) is 2.83. The van der Waals surface area contributed by atoms with E-state index in [1.807, 2.05) is 24.3 Å². The van der Waals surface area contributed by atoms with Crippen LogP contribution in [-0.2, 0) is 14.9 Å². The van der Waals surface area contributed by atoms with Crippen molar-refractivity contribution in [1.82, 2.24) is 10.2 Å². The van der Waals surface area contributed by atoms with Crippen LogP contribution < -0.4 is 5.32 Å². The van der Waals surface area contributed by atoms with Gasteiger partial charge >= 0.3 is 6.09 Å². The van der Waals surface area contributed by atoms with E-state index in [-0.39, 0.29) is 23.5 Å². The normalized spacial score (nSPS) is 20.0. The van der Waals surface area contributed by atoms with Crippen LogP contribution in [0.4, 0.5) is 4.79 Å². The van der Waals surface area contributed by atoms with Crippen molar-refractivity contribution in [3.05, 3.63) is 34.3 Å². The molecule has 2 fully saturated rings. The van der Waals surface area contributed by atoms with E-state index in [9.17, 15) is 9.59 Å². The summed E-state index contributed by atoms with van der Waals surface area (Å²) >= 11 is 3.43. The van der Waals surface area contributed by atoms with Gasteiger partial charge in [-0.15, -0.1) is 0 Å². The molecule has 0 aromatic heterocycles. The maximum atomic E-state index is 12.7. The summed E-state index contributed by atoms with van der Waals surface area (Å²) < 4.78 is 5.75. The Hall–Kier alpha value is -1.56. The highest BCUT2D eigenvalue weighted by Crippen LogP contribution is 2.48. The molecule has 1 aliphatic heterocycles. The topological polar surface area (TPSA) is 58.6 Å². The Balaban J connectivity index is 1.58. The Labute approximate surface area is 144 Å². The lowest BCUT2D eigenvalue weighted by Crippen LogP contribution is -2.48. The van der Waals surface area contributed by atoms with Gasteiger partial charge in [0, 0.05) is 23.6 Å². The lowest BCUT2D eigenvalue weighted by atomic mass is 9.94. The number of hydrogen-bond donors (Lipinski definition) is 1. The molecule has 2 amide bonds. The first-order valence-corrected chi connectivity index (χ1v) is 8.74. The predicted molar refractivity (Wildman–Crippen MR) is 90.2 cm³/mol. The number of methoxy groups -OCH3 is 1. The van der Waals surface area contributed by atoms with Gasteiger partial charge in [-0.05, 0) is 43.4 Å². The molecule has 1 aromatic rings. The first-order valence-electron chi connectivity index (χ1n) is 7.95. The number of benzene rings is 1. The molecule has 6 heteroatoms. The second-order valence-electron chi connectivity index (χ2n) is 6.29. The molecule has 0 atom stereocenters. The molecular weight excluding hydrogens is 360 g/mol. The molecule has 1 aliphatic carbocycles. The molecule has 0 unspecified atom stereocenters. The van der Waals surface area contributed by atoms with Crippen LogP contribution in [-0.4, -0.2) is 43.1 Å². The Morgan fingerprint density at radius 1 is 1.22 bits per heavy atom. The van der Waals surface area contributed by atoms with Crippen LogP contribution in [0, 0.1) is 0 Å². The summed E-state index contributed by atoms with van der Waals surface area (Å²) in [7, 11) is 1.39. The molecule has 1 N–H and O–H groups in total. The molecule has 1 aromatic carbocycles. The highest BCUT2D eigenvalue weighted by atomic mass is 79.9. The summed E-state index contributed by atoms with van der Waals surface area (Å²) in [5, 5.41) is 3.18. The zero-order chi connectivity index (χ0) is 16.4. The van der Waals surface area contributed by atoms with Crippen molar-refractivity contribution in [1.29, 1.82) is 0 Å². The number of rotatable bonds is 3. The Bertz CT molecular complexity index is 590. The number of piperidine rings is 1. The number of carbonyl (C=O) groups excluding carboxylic acids is 2. The lowest BCUT2D eigenvalue weighted by Gasteiger charge is -2.32. The smallest absolute Gasteiger partial charge is 0.409 e. The van der Waals surface area contributed by atoms with Crippen molar-refractivity contribution in [2.45, 2.75) is 37.1 Å². The van der Waals surface area contributed by atoms with Gasteiger partial charge in [0.15, 0.2) is 0 Å². The second kappa shape index (κ2) is 6.51. The highest BCUT2D eigenvalue weighted by molar-refractivity contribution is 9.10. The summed E-state index contributed by atoms with van der Waals surface area (Å²) in [4.78, 5) is 25.9. The zero-order valence-corrected chi connectivity index (χ0v) is 14.8. The van der Waals surface area contributed by atoms with Crippen LogP contribution in [0.5, 0.6) is 0 Å². The lowest BCUT2D eigenvalue weighted by molar-refractivity contribution is -0.124. The Morgan fingerprint density at radius 3 is 2.35 bits per heavy atom. The summed E-state index contributed by atoms with van der Waals surface area (Å²) in [6, 6.07) is 8.15. The van der Waals surface area contributed by atoms with Crippen molar-refractivity contribution < 1.29 is 14.3 Å². The van der Waals surface area contributed by atoms with Gasteiger partial charge in [-0.25, -0.2) is 4.79 Å². The second-order valence-corrected chi connectivity index (χ2v) is 7.21. The molecule has 0 radical (unpaired) electrons. The number of halogens is 1. The third-order valence-electron chi connectivity index (χ3n) is 4.84. The average Bonchev–Trinajstić information content (AvgIpc) is 3.37. The number of ether oxygens (including phenoxy) is 1. The number of carbonyl (C=O) groups is 2. The number of nitrogens with one attached hydrogen (secondary N) is 1. The number of likely N-dealkylation sites (tertiary alicyclic amines) is 1. The van der Waals surface area contributed by atoms with Crippen molar-refractivity contribution in [3.63, 3.8) is 0 Å². The summed E-state index contributed by atoms with van der Waals surface area (Å²) in [6.45, 7) is 1.26. The minimum absolute atomic E-state index is 0.122. The van der Waals surface area contributed by atoms with E-state index in [2.05, 4.69) is 21.2 Å². The minimum atomic E-state index is -0.347. The van der Waals surface area contributed by atoms with E-state index in [1.54, 1.807) is 4.90 Å².